The fourth-order valence-corrected chi connectivity index (χ4v) is 3.59. The van der Waals surface area contributed by atoms with Crippen LogP contribution in [0.3, 0.4) is 0 Å². The maximum atomic E-state index is 12.6. The molecule has 1 aliphatic carbocycles. The Morgan fingerprint density at radius 1 is 1.41 bits per heavy atom. The summed E-state index contributed by atoms with van der Waals surface area (Å²) in [6, 6.07) is 0.210. The zero-order valence-corrected chi connectivity index (χ0v) is 13.6. The van der Waals surface area contributed by atoms with Gasteiger partial charge >= 0.3 is 0 Å². The fraction of sp³-hybridized carbons (Fsp3) is 0.647. The van der Waals surface area contributed by atoms with Crippen molar-refractivity contribution in [3.63, 3.8) is 0 Å². The fourth-order valence-electron chi connectivity index (χ4n) is 3.59. The van der Waals surface area contributed by atoms with Gasteiger partial charge in [-0.1, -0.05) is 19.1 Å². The third-order valence-corrected chi connectivity index (χ3v) is 4.96. The molecule has 0 aromatic carbocycles. The van der Waals surface area contributed by atoms with Crippen molar-refractivity contribution in [3.05, 3.63) is 30.4 Å². The van der Waals surface area contributed by atoms with Crippen LogP contribution < -0.4 is 0 Å². The molecule has 1 fully saturated rings. The highest BCUT2D eigenvalue weighted by molar-refractivity contribution is 5.77. The smallest absolute Gasteiger partial charge is 0.223 e. The Kier molecular flexibility index (Phi) is 4.62. The predicted octanol–water partition coefficient (Wildman–Crippen LogP) is 1.98. The first-order valence-electron chi connectivity index (χ1n) is 8.34. The van der Waals surface area contributed by atoms with Crippen LogP contribution in [0.25, 0.3) is 0 Å². The first kappa shape index (κ1) is 15.3. The van der Waals surface area contributed by atoms with Crippen LogP contribution >= 0.6 is 0 Å². The third kappa shape index (κ3) is 3.09. The summed E-state index contributed by atoms with van der Waals surface area (Å²) in [6.07, 6.45) is 11.1. The maximum Gasteiger partial charge on any atom is 0.223 e. The van der Waals surface area contributed by atoms with Crippen LogP contribution in [0.4, 0.5) is 0 Å². The Morgan fingerprint density at radius 3 is 2.91 bits per heavy atom. The van der Waals surface area contributed by atoms with Crippen LogP contribution in [0.5, 0.6) is 0 Å². The number of rotatable bonds is 4. The van der Waals surface area contributed by atoms with Gasteiger partial charge in [-0.2, -0.15) is 0 Å². The number of amides is 1. The molecule has 0 saturated carbocycles. The third-order valence-electron chi connectivity index (χ3n) is 4.96. The van der Waals surface area contributed by atoms with Gasteiger partial charge < -0.3 is 9.47 Å². The number of carbonyl (C=O) groups excluding carboxylic acids is 1. The SMILES string of the molecule is CCN1CCN(C(=O)C[C@@H]2C=CCC2)C[C@@H]1c1nccn1C. The van der Waals surface area contributed by atoms with E-state index in [2.05, 4.69) is 33.5 Å². The summed E-state index contributed by atoms with van der Waals surface area (Å²) in [6.45, 7) is 5.69. The van der Waals surface area contributed by atoms with E-state index in [1.807, 2.05) is 24.3 Å². The van der Waals surface area contributed by atoms with Gasteiger partial charge in [0, 0.05) is 45.5 Å². The van der Waals surface area contributed by atoms with Crippen LogP contribution in [0.2, 0.25) is 0 Å². The molecule has 22 heavy (non-hydrogen) atoms. The van der Waals surface area contributed by atoms with Gasteiger partial charge in [-0.15, -0.1) is 0 Å². The molecule has 120 valence electrons. The number of nitrogens with zero attached hydrogens (tertiary/aromatic N) is 4. The normalized spacial score (nSPS) is 25.8. The monoisotopic (exact) mass is 302 g/mol. The minimum atomic E-state index is 0.210. The van der Waals surface area contributed by atoms with Crippen molar-refractivity contribution in [3.8, 4) is 0 Å². The lowest BCUT2D eigenvalue weighted by molar-refractivity contribution is -0.135. The van der Waals surface area contributed by atoms with E-state index < -0.39 is 0 Å². The number of hydrogen-bond acceptors (Lipinski definition) is 3. The number of carbonyl (C=O) groups is 1. The van der Waals surface area contributed by atoms with Crippen LogP contribution in [-0.2, 0) is 11.8 Å². The van der Waals surface area contributed by atoms with E-state index in [1.165, 1.54) is 0 Å². The van der Waals surface area contributed by atoms with E-state index >= 15 is 0 Å². The molecule has 1 amide bonds. The van der Waals surface area contributed by atoms with Gasteiger partial charge in [0.25, 0.3) is 0 Å². The summed E-state index contributed by atoms with van der Waals surface area (Å²) >= 11 is 0. The molecule has 0 radical (unpaired) electrons. The lowest BCUT2D eigenvalue weighted by Crippen LogP contribution is -2.51. The zero-order chi connectivity index (χ0) is 15.5. The van der Waals surface area contributed by atoms with E-state index in [0.29, 0.717) is 18.2 Å². The molecule has 0 spiro atoms. The Labute approximate surface area is 132 Å². The Morgan fingerprint density at radius 2 is 2.27 bits per heavy atom. The van der Waals surface area contributed by atoms with E-state index in [4.69, 9.17) is 0 Å². The van der Waals surface area contributed by atoms with Gasteiger partial charge in [-0.05, 0) is 25.3 Å². The number of allylic oxidation sites excluding steroid dienone is 2. The first-order chi connectivity index (χ1) is 10.7. The summed E-state index contributed by atoms with van der Waals surface area (Å²) < 4.78 is 2.07. The number of likely N-dealkylation sites (N-methyl/N-ethyl adjacent to an activating group) is 1. The van der Waals surface area contributed by atoms with Crippen LogP contribution in [-0.4, -0.2) is 51.4 Å². The van der Waals surface area contributed by atoms with Crippen LogP contribution in [0, 0.1) is 5.92 Å². The highest BCUT2D eigenvalue weighted by atomic mass is 16.2. The summed E-state index contributed by atoms with van der Waals surface area (Å²) in [5.41, 5.74) is 0. The van der Waals surface area contributed by atoms with Crippen molar-refractivity contribution >= 4 is 5.91 Å². The standard InChI is InChI=1S/C17H26N4O/c1-3-20-10-11-21(16(22)12-14-6-4-5-7-14)13-15(20)17-18-8-9-19(17)2/h4,6,8-9,14-15H,3,5,7,10-13H2,1-2H3/t14-,15-/m1/s1. The largest absolute Gasteiger partial charge is 0.339 e. The number of aromatic nitrogens is 2. The second kappa shape index (κ2) is 6.65. The van der Waals surface area contributed by atoms with Gasteiger partial charge in [0.2, 0.25) is 5.91 Å². The maximum absolute atomic E-state index is 12.6. The number of hydrogen-bond donors (Lipinski definition) is 0. The molecule has 2 heterocycles. The van der Waals surface area contributed by atoms with Crippen molar-refractivity contribution in [2.45, 2.75) is 32.2 Å². The predicted molar refractivity (Wildman–Crippen MR) is 86.3 cm³/mol. The Bertz CT molecular complexity index is 551. The molecule has 0 bridgehead atoms. The minimum Gasteiger partial charge on any atom is -0.339 e. The summed E-state index contributed by atoms with van der Waals surface area (Å²) in [5.74, 6) is 1.80. The quantitative estimate of drug-likeness (QED) is 0.799. The lowest BCUT2D eigenvalue weighted by atomic mass is 10.0. The minimum absolute atomic E-state index is 0.210. The van der Waals surface area contributed by atoms with Gasteiger partial charge in [0.05, 0.1) is 6.04 Å². The number of imidazole rings is 1. The molecular weight excluding hydrogens is 276 g/mol. The summed E-state index contributed by atoms with van der Waals surface area (Å²) in [5, 5.41) is 0. The van der Waals surface area contributed by atoms with Crippen molar-refractivity contribution in [2.75, 3.05) is 26.2 Å². The molecule has 1 aromatic heterocycles. The molecule has 0 unspecified atom stereocenters. The van der Waals surface area contributed by atoms with Crippen LogP contribution in [0.1, 0.15) is 38.1 Å². The molecule has 1 saturated heterocycles. The van der Waals surface area contributed by atoms with E-state index in [0.717, 1.165) is 44.8 Å². The number of aryl methyl sites for hydroxylation is 1. The second-order valence-electron chi connectivity index (χ2n) is 6.35. The van der Waals surface area contributed by atoms with Gasteiger partial charge in [-0.25, -0.2) is 4.98 Å². The average molecular weight is 302 g/mol. The summed E-state index contributed by atoms with van der Waals surface area (Å²) in [7, 11) is 2.03. The van der Waals surface area contributed by atoms with Crippen molar-refractivity contribution < 1.29 is 4.79 Å². The van der Waals surface area contributed by atoms with Gasteiger partial charge in [-0.3, -0.25) is 9.69 Å². The molecule has 0 N–H and O–H groups in total. The molecule has 2 aliphatic rings. The van der Waals surface area contributed by atoms with E-state index in [1.54, 1.807) is 0 Å². The van der Waals surface area contributed by atoms with Crippen molar-refractivity contribution in [1.82, 2.24) is 19.4 Å². The van der Waals surface area contributed by atoms with E-state index in [-0.39, 0.29) is 6.04 Å². The molecule has 3 rings (SSSR count). The molecule has 1 aromatic rings. The Hall–Kier alpha value is -1.62. The Balaban J connectivity index is 1.68. The van der Waals surface area contributed by atoms with E-state index in [9.17, 15) is 4.79 Å². The molecule has 1 aliphatic heterocycles. The molecule has 2 atom stereocenters. The topological polar surface area (TPSA) is 41.4 Å². The zero-order valence-electron chi connectivity index (χ0n) is 13.6. The van der Waals surface area contributed by atoms with Gasteiger partial charge in [0.1, 0.15) is 5.82 Å². The number of piperazine rings is 1. The highest BCUT2D eigenvalue weighted by Gasteiger charge is 2.32. The second-order valence-corrected chi connectivity index (χ2v) is 6.35. The van der Waals surface area contributed by atoms with Crippen molar-refractivity contribution in [1.29, 1.82) is 0 Å². The molecule has 5 heteroatoms. The van der Waals surface area contributed by atoms with Gasteiger partial charge in [0.15, 0.2) is 0 Å². The first-order valence-corrected chi connectivity index (χ1v) is 8.34. The van der Waals surface area contributed by atoms with Crippen LogP contribution in [0.15, 0.2) is 24.5 Å². The molecular formula is C17H26N4O. The molecule has 5 nitrogen and oxygen atoms in total. The highest BCUT2D eigenvalue weighted by Crippen LogP contribution is 2.26. The average Bonchev–Trinajstić information content (AvgIpc) is 3.18. The van der Waals surface area contributed by atoms with Crippen molar-refractivity contribution in [2.24, 2.45) is 13.0 Å². The lowest BCUT2D eigenvalue weighted by Gasteiger charge is -2.40. The summed E-state index contributed by atoms with van der Waals surface area (Å²) in [4.78, 5) is 21.6.